The smallest absolute Gasteiger partial charge is 0.336 e. The fourth-order valence-corrected chi connectivity index (χ4v) is 3.90. The normalized spacial score (nSPS) is 11.0. The monoisotopic (exact) mass is 378 g/mol. The number of aromatic nitrogens is 2. The highest BCUT2D eigenvalue weighted by molar-refractivity contribution is 7.98. The van der Waals surface area contributed by atoms with Crippen molar-refractivity contribution in [2.75, 3.05) is 7.11 Å². The van der Waals surface area contributed by atoms with E-state index in [1.807, 2.05) is 60.2 Å². The molecule has 6 heteroatoms. The maximum Gasteiger partial charge on any atom is 0.336 e. The van der Waals surface area contributed by atoms with E-state index in [2.05, 4.69) is 4.98 Å². The van der Waals surface area contributed by atoms with Crippen molar-refractivity contribution in [3.05, 3.63) is 82.5 Å². The Bertz CT molecular complexity index is 1150. The van der Waals surface area contributed by atoms with Crippen molar-refractivity contribution in [1.82, 2.24) is 9.55 Å². The molecule has 27 heavy (non-hydrogen) atoms. The predicted octanol–water partition coefficient (Wildman–Crippen LogP) is 4.59. The molecule has 0 N–H and O–H groups in total. The van der Waals surface area contributed by atoms with E-state index in [1.54, 1.807) is 31.1 Å². The van der Waals surface area contributed by atoms with E-state index < -0.39 is 0 Å². The number of imidazole rings is 1. The van der Waals surface area contributed by atoms with Gasteiger partial charge in [0.25, 0.3) is 0 Å². The zero-order chi connectivity index (χ0) is 18.8. The summed E-state index contributed by atoms with van der Waals surface area (Å²) in [7, 11) is 1.65. The molecule has 0 atom stereocenters. The van der Waals surface area contributed by atoms with Gasteiger partial charge in [0.15, 0.2) is 5.16 Å². The van der Waals surface area contributed by atoms with Crippen LogP contribution in [-0.2, 0) is 5.75 Å². The summed E-state index contributed by atoms with van der Waals surface area (Å²) in [6.45, 7) is 1.98. The SMILES string of the molecule is COc1ccc(-n2ccnc2SCc2cc(=O)oc3cc(C)ccc23)cc1. The van der Waals surface area contributed by atoms with Crippen molar-refractivity contribution in [2.45, 2.75) is 17.8 Å². The number of hydrogen-bond acceptors (Lipinski definition) is 5. The van der Waals surface area contributed by atoms with Crippen LogP contribution in [0.4, 0.5) is 0 Å². The van der Waals surface area contributed by atoms with Crippen molar-refractivity contribution < 1.29 is 9.15 Å². The lowest BCUT2D eigenvalue weighted by molar-refractivity contribution is 0.414. The Kier molecular flexibility index (Phi) is 4.73. The van der Waals surface area contributed by atoms with E-state index in [1.165, 1.54) is 0 Å². The molecular formula is C21H18N2O3S. The Hall–Kier alpha value is -2.99. The lowest BCUT2D eigenvalue weighted by atomic mass is 10.1. The molecule has 0 saturated heterocycles. The summed E-state index contributed by atoms with van der Waals surface area (Å²) in [5, 5.41) is 1.81. The van der Waals surface area contributed by atoms with Gasteiger partial charge in [-0.1, -0.05) is 23.9 Å². The molecule has 0 aliphatic rings. The average Bonchev–Trinajstić information content (AvgIpc) is 3.14. The molecule has 0 radical (unpaired) electrons. The summed E-state index contributed by atoms with van der Waals surface area (Å²) in [6, 6.07) is 15.3. The number of ether oxygens (including phenoxy) is 1. The fourth-order valence-electron chi connectivity index (χ4n) is 2.93. The van der Waals surface area contributed by atoms with Gasteiger partial charge in [-0.15, -0.1) is 0 Å². The second-order valence-corrected chi connectivity index (χ2v) is 7.10. The van der Waals surface area contributed by atoms with Crippen molar-refractivity contribution >= 4 is 22.7 Å². The maximum atomic E-state index is 11.9. The van der Waals surface area contributed by atoms with E-state index in [0.29, 0.717) is 11.3 Å². The molecule has 4 aromatic rings. The zero-order valence-corrected chi connectivity index (χ0v) is 15.8. The number of benzene rings is 2. The number of hydrogen-bond donors (Lipinski definition) is 0. The van der Waals surface area contributed by atoms with Crippen LogP contribution in [0.25, 0.3) is 16.7 Å². The molecule has 2 aromatic carbocycles. The summed E-state index contributed by atoms with van der Waals surface area (Å²) in [5.74, 6) is 1.43. The Morgan fingerprint density at radius 2 is 1.96 bits per heavy atom. The van der Waals surface area contributed by atoms with Gasteiger partial charge in [0.05, 0.1) is 7.11 Å². The van der Waals surface area contributed by atoms with Crippen LogP contribution in [0.15, 0.2) is 75.3 Å². The first-order valence-electron chi connectivity index (χ1n) is 8.48. The van der Waals surface area contributed by atoms with Gasteiger partial charge in [0, 0.05) is 35.3 Å². The number of fused-ring (bicyclic) bond motifs is 1. The van der Waals surface area contributed by atoms with Crippen LogP contribution in [-0.4, -0.2) is 16.7 Å². The average molecular weight is 378 g/mol. The first kappa shape index (κ1) is 17.4. The Labute approximate surface area is 160 Å². The summed E-state index contributed by atoms with van der Waals surface area (Å²) >= 11 is 1.58. The molecule has 0 fully saturated rings. The maximum absolute atomic E-state index is 11.9. The molecule has 4 rings (SSSR count). The van der Waals surface area contributed by atoms with Gasteiger partial charge in [-0.3, -0.25) is 4.57 Å². The largest absolute Gasteiger partial charge is 0.497 e. The fraction of sp³-hybridized carbons (Fsp3) is 0.143. The molecule has 0 saturated carbocycles. The van der Waals surface area contributed by atoms with Crippen molar-refractivity contribution in [1.29, 1.82) is 0 Å². The van der Waals surface area contributed by atoms with E-state index in [-0.39, 0.29) is 5.63 Å². The van der Waals surface area contributed by atoms with E-state index in [4.69, 9.17) is 9.15 Å². The number of methoxy groups -OCH3 is 1. The molecule has 0 unspecified atom stereocenters. The topological polar surface area (TPSA) is 57.3 Å². The van der Waals surface area contributed by atoms with Crippen LogP contribution in [0.2, 0.25) is 0 Å². The molecular weight excluding hydrogens is 360 g/mol. The minimum absolute atomic E-state index is 0.331. The van der Waals surface area contributed by atoms with Crippen LogP contribution in [0, 0.1) is 6.92 Å². The van der Waals surface area contributed by atoms with Gasteiger partial charge in [0.2, 0.25) is 0 Å². The van der Waals surface area contributed by atoms with Crippen molar-refractivity contribution in [2.24, 2.45) is 0 Å². The van der Waals surface area contributed by atoms with E-state index in [9.17, 15) is 4.79 Å². The molecule has 0 amide bonds. The van der Waals surface area contributed by atoms with Crippen LogP contribution >= 0.6 is 11.8 Å². The molecule has 0 bridgehead atoms. The van der Waals surface area contributed by atoms with Crippen LogP contribution < -0.4 is 10.4 Å². The molecule has 0 aliphatic heterocycles. The molecule has 136 valence electrons. The van der Waals surface area contributed by atoms with Gasteiger partial charge in [-0.25, -0.2) is 9.78 Å². The third-order valence-corrected chi connectivity index (χ3v) is 5.32. The third-order valence-electron chi connectivity index (χ3n) is 4.30. The van der Waals surface area contributed by atoms with Gasteiger partial charge < -0.3 is 9.15 Å². The first-order valence-corrected chi connectivity index (χ1v) is 9.46. The lowest BCUT2D eigenvalue weighted by Crippen LogP contribution is -2.01. The van der Waals surface area contributed by atoms with E-state index in [0.717, 1.165) is 33.1 Å². The Morgan fingerprint density at radius 1 is 1.15 bits per heavy atom. The zero-order valence-electron chi connectivity index (χ0n) is 15.0. The standard InChI is InChI=1S/C21H18N2O3S/c1-14-3-8-18-15(12-20(24)26-19(18)11-14)13-27-21-22-9-10-23(21)16-4-6-17(25-2)7-5-16/h3-12H,13H2,1-2H3. The summed E-state index contributed by atoms with van der Waals surface area (Å²) in [4.78, 5) is 16.4. The molecule has 0 spiro atoms. The van der Waals surface area contributed by atoms with Gasteiger partial charge in [0.1, 0.15) is 11.3 Å². The highest BCUT2D eigenvalue weighted by atomic mass is 32.2. The van der Waals surface area contributed by atoms with Gasteiger partial charge in [-0.2, -0.15) is 0 Å². The van der Waals surface area contributed by atoms with Gasteiger partial charge in [-0.05, 0) is 48.4 Å². The minimum Gasteiger partial charge on any atom is -0.497 e. The van der Waals surface area contributed by atoms with Crippen LogP contribution in [0.1, 0.15) is 11.1 Å². The minimum atomic E-state index is -0.331. The second kappa shape index (κ2) is 7.32. The molecule has 5 nitrogen and oxygen atoms in total. The second-order valence-electron chi connectivity index (χ2n) is 6.16. The molecule has 2 heterocycles. The lowest BCUT2D eigenvalue weighted by Gasteiger charge is -2.09. The highest BCUT2D eigenvalue weighted by Gasteiger charge is 2.10. The Morgan fingerprint density at radius 3 is 2.74 bits per heavy atom. The van der Waals surface area contributed by atoms with Gasteiger partial charge >= 0.3 is 5.63 Å². The number of thioether (sulfide) groups is 1. The van der Waals surface area contributed by atoms with E-state index >= 15 is 0 Å². The van der Waals surface area contributed by atoms with Crippen LogP contribution in [0.5, 0.6) is 5.75 Å². The van der Waals surface area contributed by atoms with Crippen molar-refractivity contribution in [3.8, 4) is 11.4 Å². The van der Waals surface area contributed by atoms with Crippen LogP contribution in [0.3, 0.4) is 0 Å². The number of aryl methyl sites for hydroxylation is 1. The number of rotatable bonds is 5. The Balaban J connectivity index is 1.62. The highest BCUT2D eigenvalue weighted by Crippen LogP contribution is 2.28. The quantitative estimate of drug-likeness (QED) is 0.376. The summed E-state index contributed by atoms with van der Waals surface area (Å²) in [6.07, 6.45) is 3.69. The first-order chi connectivity index (χ1) is 13.1. The summed E-state index contributed by atoms with van der Waals surface area (Å²) in [5.41, 5.74) is 3.30. The predicted molar refractivity (Wildman–Crippen MR) is 107 cm³/mol. The molecule has 2 aromatic heterocycles. The number of nitrogens with zero attached hydrogens (tertiary/aromatic N) is 2. The molecule has 0 aliphatic carbocycles. The van der Waals surface area contributed by atoms with Crippen molar-refractivity contribution in [3.63, 3.8) is 0 Å². The third kappa shape index (κ3) is 3.61. The summed E-state index contributed by atoms with van der Waals surface area (Å²) < 4.78 is 12.6.